The number of carbonyl (C=O) groups is 1. The number of nitrogens with one attached hydrogen (secondary N) is 1. The van der Waals surface area contributed by atoms with E-state index in [2.05, 4.69) is 15.3 Å². The molecule has 1 saturated carbocycles. The van der Waals surface area contributed by atoms with Crippen LogP contribution in [0.2, 0.25) is 0 Å². The Hall–Kier alpha value is -1.89. The Morgan fingerprint density at radius 3 is 2.95 bits per heavy atom. The average Bonchev–Trinajstić information content (AvgIpc) is 2.59. The number of hydrogen-bond donors (Lipinski definition) is 3. The van der Waals surface area contributed by atoms with Crippen molar-refractivity contribution in [1.29, 1.82) is 0 Å². The summed E-state index contributed by atoms with van der Waals surface area (Å²) in [4.78, 5) is 22.0. The fourth-order valence-electron chi connectivity index (χ4n) is 2.67. The summed E-state index contributed by atoms with van der Waals surface area (Å²) in [5, 5.41) is 12.2. The molecular weight excluding hydrogens is 258 g/mol. The number of aliphatic hydroxyl groups excluding tert-OH is 1. The maximum atomic E-state index is 11.6. The van der Waals surface area contributed by atoms with Crippen molar-refractivity contribution < 1.29 is 9.90 Å². The number of nitrogens with two attached hydrogens (primary N) is 1. The summed E-state index contributed by atoms with van der Waals surface area (Å²) in [5.74, 6) is 1.17. The molecule has 0 atom stereocenters. The van der Waals surface area contributed by atoms with E-state index in [0.717, 1.165) is 31.5 Å². The van der Waals surface area contributed by atoms with E-state index in [9.17, 15) is 9.90 Å². The quantitative estimate of drug-likeness (QED) is 0.681. The standard InChI is InChI=1S/C13H19N5O2/c14-13-16-10(8-4-9(19)5-8)6-11(17-13)18-3-1-2-15-12(20)7-18/h6,8-9,19H,1-5,7H2,(H,15,20)(H2,14,16,17). The summed E-state index contributed by atoms with van der Waals surface area (Å²) in [5.41, 5.74) is 6.64. The zero-order chi connectivity index (χ0) is 14.1. The molecule has 1 amide bonds. The molecule has 2 fully saturated rings. The van der Waals surface area contributed by atoms with E-state index in [-0.39, 0.29) is 23.9 Å². The average molecular weight is 277 g/mol. The number of aliphatic hydroxyl groups is 1. The number of nitrogens with zero attached hydrogens (tertiary/aromatic N) is 3. The number of amides is 1. The highest BCUT2D eigenvalue weighted by molar-refractivity contribution is 5.81. The molecule has 2 heterocycles. The Bertz CT molecular complexity index is 515. The molecule has 1 aliphatic carbocycles. The fraction of sp³-hybridized carbons (Fsp3) is 0.615. The van der Waals surface area contributed by atoms with E-state index >= 15 is 0 Å². The summed E-state index contributed by atoms with van der Waals surface area (Å²) in [6.45, 7) is 1.75. The van der Waals surface area contributed by atoms with E-state index in [1.165, 1.54) is 0 Å². The van der Waals surface area contributed by atoms with E-state index in [1.54, 1.807) is 0 Å². The van der Waals surface area contributed by atoms with Gasteiger partial charge in [0, 0.05) is 25.1 Å². The molecule has 3 rings (SSSR count). The molecule has 0 spiro atoms. The van der Waals surface area contributed by atoms with Crippen LogP contribution in [-0.4, -0.2) is 46.7 Å². The Morgan fingerprint density at radius 2 is 2.20 bits per heavy atom. The van der Waals surface area contributed by atoms with Crippen LogP contribution >= 0.6 is 0 Å². The van der Waals surface area contributed by atoms with Crippen LogP contribution in [0.25, 0.3) is 0 Å². The molecule has 0 radical (unpaired) electrons. The van der Waals surface area contributed by atoms with Crippen LogP contribution in [0.4, 0.5) is 11.8 Å². The zero-order valence-electron chi connectivity index (χ0n) is 11.2. The van der Waals surface area contributed by atoms with Crippen molar-refractivity contribution in [3.63, 3.8) is 0 Å². The highest BCUT2D eigenvalue weighted by atomic mass is 16.3. The van der Waals surface area contributed by atoms with Crippen LogP contribution in [0.3, 0.4) is 0 Å². The molecule has 0 unspecified atom stereocenters. The first-order valence-corrected chi connectivity index (χ1v) is 6.96. The van der Waals surface area contributed by atoms with Gasteiger partial charge in [-0.15, -0.1) is 0 Å². The van der Waals surface area contributed by atoms with Gasteiger partial charge in [-0.05, 0) is 19.3 Å². The Labute approximate surface area is 117 Å². The van der Waals surface area contributed by atoms with Crippen LogP contribution in [0.1, 0.15) is 30.9 Å². The molecule has 20 heavy (non-hydrogen) atoms. The van der Waals surface area contributed by atoms with Gasteiger partial charge in [-0.25, -0.2) is 4.98 Å². The Morgan fingerprint density at radius 1 is 1.40 bits per heavy atom. The summed E-state index contributed by atoms with van der Waals surface area (Å²) in [7, 11) is 0. The van der Waals surface area contributed by atoms with Gasteiger partial charge in [0.05, 0.1) is 18.3 Å². The first-order chi connectivity index (χ1) is 9.61. The van der Waals surface area contributed by atoms with Crippen molar-refractivity contribution in [2.75, 3.05) is 30.3 Å². The lowest BCUT2D eigenvalue weighted by molar-refractivity contribution is -0.119. The van der Waals surface area contributed by atoms with Crippen LogP contribution in [0.5, 0.6) is 0 Å². The van der Waals surface area contributed by atoms with Gasteiger partial charge in [-0.2, -0.15) is 4.98 Å². The van der Waals surface area contributed by atoms with E-state index in [1.807, 2.05) is 11.0 Å². The number of nitrogen functional groups attached to an aromatic ring is 1. The van der Waals surface area contributed by atoms with Crippen LogP contribution in [-0.2, 0) is 4.79 Å². The van der Waals surface area contributed by atoms with Crippen molar-refractivity contribution in [3.05, 3.63) is 11.8 Å². The minimum Gasteiger partial charge on any atom is -0.393 e. The van der Waals surface area contributed by atoms with E-state index in [4.69, 9.17) is 5.73 Å². The van der Waals surface area contributed by atoms with Gasteiger partial charge in [0.25, 0.3) is 0 Å². The summed E-state index contributed by atoms with van der Waals surface area (Å²) in [6, 6.07) is 1.89. The second kappa shape index (κ2) is 5.24. The molecular formula is C13H19N5O2. The van der Waals surface area contributed by atoms with Crippen molar-refractivity contribution in [3.8, 4) is 0 Å². The van der Waals surface area contributed by atoms with Gasteiger partial charge in [-0.3, -0.25) is 4.79 Å². The molecule has 7 heteroatoms. The lowest BCUT2D eigenvalue weighted by atomic mass is 9.80. The molecule has 1 aliphatic heterocycles. The first-order valence-electron chi connectivity index (χ1n) is 6.96. The lowest BCUT2D eigenvalue weighted by Gasteiger charge is -2.31. The molecule has 0 bridgehead atoms. The zero-order valence-corrected chi connectivity index (χ0v) is 11.2. The number of rotatable bonds is 2. The Kier molecular flexibility index (Phi) is 3.43. The number of carbonyl (C=O) groups excluding carboxylic acids is 1. The summed E-state index contributed by atoms with van der Waals surface area (Å²) in [6.07, 6.45) is 2.09. The van der Waals surface area contributed by atoms with E-state index < -0.39 is 0 Å². The third-order valence-corrected chi connectivity index (χ3v) is 3.87. The minimum atomic E-state index is -0.233. The molecule has 7 nitrogen and oxygen atoms in total. The highest BCUT2D eigenvalue weighted by Gasteiger charge is 2.30. The van der Waals surface area contributed by atoms with Gasteiger partial charge in [0.15, 0.2) is 0 Å². The van der Waals surface area contributed by atoms with Crippen molar-refractivity contribution in [2.24, 2.45) is 0 Å². The topological polar surface area (TPSA) is 104 Å². The number of hydrogen-bond acceptors (Lipinski definition) is 6. The largest absolute Gasteiger partial charge is 0.393 e. The SMILES string of the molecule is Nc1nc(C2CC(O)C2)cc(N2CCCNC(=O)C2)n1. The smallest absolute Gasteiger partial charge is 0.239 e. The fourth-order valence-corrected chi connectivity index (χ4v) is 2.67. The predicted octanol–water partition coefficient (Wildman–Crippen LogP) is -0.377. The molecule has 1 aromatic rings. The second-order valence-corrected chi connectivity index (χ2v) is 5.46. The third kappa shape index (κ3) is 2.67. The molecule has 4 N–H and O–H groups in total. The van der Waals surface area contributed by atoms with Crippen molar-refractivity contribution >= 4 is 17.7 Å². The normalized spacial score (nSPS) is 26.6. The molecule has 0 aromatic carbocycles. The molecule has 108 valence electrons. The molecule has 1 aromatic heterocycles. The number of anilines is 2. The maximum absolute atomic E-state index is 11.6. The van der Waals surface area contributed by atoms with Gasteiger partial charge >= 0.3 is 0 Å². The summed E-state index contributed by atoms with van der Waals surface area (Å²) >= 11 is 0. The van der Waals surface area contributed by atoms with Gasteiger partial charge in [0.1, 0.15) is 5.82 Å². The molecule has 2 aliphatic rings. The van der Waals surface area contributed by atoms with Gasteiger partial charge < -0.3 is 21.1 Å². The lowest BCUT2D eigenvalue weighted by Crippen LogP contribution is -2.34. The van der Waals surface area contributed by atoms with Crippen LogP contribution in [0, 0.1) is 0 Å². The van der Waals surface area contributed by atoms with E-state index in [0.29, 0.717) is 18.9 Å². The van der Waals surface area contributed by atoms with Gasteiger partial charge in [0.2, 0.25) is 11.9 Å². The predicted molar refractivity (Wildman–Crippen MR) is 74.3 cm³/mol. The Balaban J connectivity index is 1.83. The van der Waals surface area contributed by atoms with Crippen LogP contribution < -0.4 is 16.0 Å². The monoisotopic (exact) mass is 277 g/mol. The van der Waals surface area contributed by atoms with Crippen molar-refractivity contribution in [2.45, 2.75) is 31.3 Å². The minimum absolute atomic E-state index is 0.000278. The second-order valence-electron chi connectivity index (χ2n) is 5.46. The van der Waals surface area contributed by atoms with Gasteiger partial charge in [-0.1, -0.05) is 0 Å². The molecule has 1 saturated heterocycles. The highest BCUT2D eigenvalue weighted by Crippen LogP contribution is 2.36. The first kappa shape index (κ1) is 13.1. The summed E-state index contributed by atoms with van der Waals surface area (Å²) < 4.78 is 0. The maximum Gasteiger partial charge on any atom is 0.239 e. The third-order valence-electron chi connectivity index (χ3n) is 3.87. The van der Waals surface area contributed by atoms with Crippen molar-refractivity contribution in [1.82, 2.24) is 15.3 Å². The van der Waals surface area contributed by atoms with Crippen LogP contribution in [0.15, 0.2) is 6.07 Å². The number of aromatic nitrogens is 2.